The first-order chi connectivity index (χ1) is 11.7. The fraction of sp³-hybridized carbons (Fsp3) is 0.500. The lowest BCUT2D eigenvalue weighted by molar-refractivity contribution is 0.0687. The number of piperidine rings is 1. The van der Waals surface area contributed by atoms with Gasteiger partial charge < -0.3 is 10.2 Å². The molecule has 128 valence electrons. The highest BCUT2D eigenvalue weighted by Gasteiger charge is 2.23. The number of likely N-dealkylation sites (tertiary alicyclic amines) is 1. The molecule has 1 fully saturated rings. The van der Waals surface area contributed by atoms with Gasteiger partial charge in [-0.25, -0.2) is 4.98 Å². The quantitative estimate of drug-likeness (QED) is 0.883. The topological polar surface area (TPSA) is 73.9 Å². The van der Waals surface area contributed by atoms with Gasteiger partial charge >= 0.3 is 0 Å². The van der Waals surface area contributed by atoms with Crippen molar-refractivity contribution < 1.29 is 4.79 Å². The molecule has 0 atom stereocenters. The second-order valence-electron chi connectivity index (χ2n) is 6.45. The van der Waals surface area contributed by atoms with E-state index in [1.54, 1.807) is 0 Å². The molecule has 1 saturated heterocycles. The molecule has 1 aromatic carbocycles. The van der Waals surface area contributed by atoms with E-state index < -0.39 is 0 Å². The third kappa shape index (κ3) is 3.82. The number of carbonyl (C=O) groups excluding carboxylic acids is 1. The number of H-pyrrole nitrogens is 1. The van der Waals surface area contributed by atoms with E-state index >= 15 is 0 Å². The maximum absolute atomic E-state index is 12.8. The Morgan fingerprint density at radius 2 is 2.17 bits per heavy atom. The predicted octanol–water partition coefficient (Wildman–Crippen LogP) is 2.24. The van der Waals surface area contributed by atoms with E-state index in [4.69, 9.17) is 0 Å². The molecule has 3 rings (SSSR count). The number of nitrogens with zero attached hydrogens (tertiary/aromatic N) is 3. The Labute approximate surface area is 142 Å². The van der Waals surface area contributed by atoms with Crippen LogP contribution in [0.25, 0.3) is 11.4 Å². The van der Waals surface area contributed by atoms with Crippen molar-refractivity contribution in [1.82, 2.24) is 25.4 Å². The first-order valence-corrected chi connectivity index (χ1v) is 8.60. The van der Waals surface area contributed by atoms with Crippen LogP contribution in [0.5, 0.6) is 0 Å². The van der Waals surface area contributed by atoms with Crippen LogP contribution in [0, 0.1) is 12.8 Å². The lowest BCUT2D eigenvalue weighted by Crippen LogP contribution is -2.38. The Morgan fingerprint density at radius 1 is 1.38 bits per heavy atom. The fourth-order valence-corrected chi connectivity index (χ4v) is 3.22. The molecule has 1 aliphatic rings. The highest BCUT2D eigenvalue weighted by atomic mass is 16.2. The number of rotatable bonds is 5. The lowest BCUT2D eigenvalue weighted by atomic mass is 9.93. The van der Waals surface area contributed by atoms with Crippen LogP contribution in [0.2, 0.25) is 0 Å². The molecule has 2 heterocycles. The van der Waals surface area contributed by atoms with Crippen LogP contribution in [-0.2, 0) is 0 Å². The summed E-state index contributed by atoms with van der Waals surface area (Å²) >= 11 is 0. The summed E-state index contributed by atoms with van der Waals surface area (Å²) in [4.78, 5) is 19.1. The third-order valence-electron chi connectivity index (χ3n) is 4.67. The minimum Gasteiger partial charge on any atom is -0.339 e. The normalized spacial score (nSPS) is 15.7. The van der Waals surface area contributed by atoms with Crippen molar-refractivity contribution >= 4 is 5.91 Å². The highest BCUT2D eigenvalue weighted by Crippen LogP contribution is 2.23. The fourth-order valence-electron chi connectivity index (χ4n) is 3.22. The van der Waals surface area contributed by atoms with E-state index in [-0.39, 0.29) is 5.91 Å². The standard InChI is InChI=1S/C18H25N5O/c1-13-20-17(22-21-13)15-4-3-5-16(12-15)18(24)23-10-7-14(8-11-23)6-9-19-2/h3-5,12,14,19H,6-11H2,1-2H3,(H,20,21,22). The second-order valence-corrected chi connectivity index (χ2v) is 6.45. The van der Waals surface area contributed by atoms with Crippen LogP contribution in [0.4, 0.5) is 0 Å². The van der Waals surface area contributed by atoms with Gasteiger partial charge in [0.05, 0.1) is 0 Å². The number of aromatic nitrogens is 3. The second kappa shape index (κ2) is 7.57. The molecule has 1 aliphatic heterocycles. The van der Waals surface area contributed by atoms with Gasteiger partial charge in [-0.1, -0.05) is 12.1 Å². The summed E-state index contributed by atoms with van der Waals surface area (Å²) in [6.07, 6.45) is 3.37. The lowest BCUT2D eigenvalue weighted by Gasteiger charge is -2.32. The van der Waals surface area contributed by atoms with Crippen LogP contribution in [0.15, 0.2) is 24.3 Å². The Balaban J connectivity index is 1.65. The van der Waals surface area contributed by atoms with Gasteiger partial charge in [-0.2, -0.15) is 5.10 Å². The molecule has 0 saturated carbocycles. The molecule has 0 bridgehead atoms. The predicted molar refractivity (Wildman–Crippen MR) is 93.7 cm³/mol. The minimum atomic E-state index is 0.108. The monoisotopic (exact) mass is 327 g/mol. The smallest absolute Gasteiger partial charge is 0.253 e. The van der Waals surface area contributed by atoms with Crippen LogP contribution >= 0.6 is 0 Å². The number of amides is 1. The zero-order chi connectivity index (χ0) is 16.9. The van der Waals surface area contributed by atoms with Crippen LogP contribution < -0.4 is 5.32 Å². The molecule has 6 nitrogen and oxygen atoms in total. The average molecular weight is 327 g/mol. The number of aromatic amines is 1. The maximum Gasteiger partial charge on any atom is 0.253 e. The number of hydrogen-bond acceptors (Lipinski definition) is 4. The first-order valence-electron chi connectivity index (χ1n) is 8.60. The summed E-state index contributed by atoms with van der Waals surface area (Å²) in [6.45, 7) is 4.61. The summed E-state index contributed by atoms with van der Waals surface area (Å²) in [5.74, 6) is 2.23. The van der Waals surface area contributed by atoms with Crippen molar-refractivity contribution in [3.05, 3.63) is 35.7 Å². The third-order valence-corrected chi connectivity index (χ3v) is 4.67. The summed E-state index contributed by atoms with van der Waals surface area (Å²) in [7, 11) is 1.99. The van der Waals surface area contributed by atoms with E-state index in [1.807, 2.05) is 43.1 Å². The molecular weight excluding hydrogens is 302 g/mol. The summed E-state index contributed by atoms with van der Waals surface area (Å²) in [5, 5.41) is 10.2. The zero-order valence-corrected chi connectivity index (χ0v) is 14.4. The van der Waals surface area contributed by atoms with Gasteiger partial charge in [0.1, 0.15) is 5.82 Å². The van der Waals surface area contributed by atoms with Crippen LogP contribution in [-0.4, -0.2) is 52.7 Å². The van der Waals surface area contributed by atoms with Gasteiger partial charge in [0.2, 0.25) is 0 Å². The Hall–Kier alpha value is -2.21. The number of hydrogen-bond donors (Lipinski definition) is 2. The molecule has 0 aliphatic carbocycles. The molecule has 1 amide bonds. The van der Waals surface area contributed by atoms with Gasteiger partial charge in [-0.15, -0.1) is 0 Å². The molecule has 0 radical (unpaired) electrons. The van der Waals surface area contributed by atoms with E-state index in [1.165, 1.54) is 6.42 Å². The number of benzene rings is 1. The van der Waals surface area contributed by atoms with E-state index in [2.05, 4.69) is 20.5 Å². The number of carbonyl (C=O) groups is 1. The van der Waals surface area contributed by atoms with Gasteiger partial charge in [0.15, 0.2) is 5.82 Å². The van der Waals surface area contributed by atoms with Crippen molar-refractivity contribution in [1.29, 1.82) is 0 Å². The van der Waals surface area contributed by atoms with Gasteiger partial charge in [0, 0.05) is 24.2 Å². The molecule has 0 unspecified atom stereocenters. The molecule has 1 aromatic heterocycles. The van der Waals surface area contributed by atoms with Gasteiger partial charge in [0.25, 0.3) is 5.91 Å². The molecular formula is C18H25N5O. The van der Waals surface area contributed by atoms with E-state index in [0.717, 1.165) is 49.8 Å². The number of aryl methyl sites for hydroxylation is 1. The van der Waals surface area contributed by atoms with Gasteiger partial charge in [-0.05, 0) is 57.8 Å². The van der Waals surface area contributed by atoms with Crippen molar-refractivity contribution in [2.24, 2.45) is 5.92 Å². The van der Waals surface area contributed by atoms with Crippen molar-refractivity contribution in [3.63, 3.8) is 0 Å². The van der Waals surface area contributed by atoms with E-state index in [0.29, 0.717) is 11.4 Å². The van der Waals surface area contributed by atoms with Crippen LogP contribution in [0.3, 0.4) is 0 Å². The van der Waals surface area contributed by atoms with Crippen molar-refractivity contribution in [3.8, 4) is 11.4 Å². The molecule has 2 N–H and O–H groups in total. The largest absolute Gasteiger partial charge is 0.339 e. The van der Waals surface area contributed by atoms with E-state index in [9.17, 15) is 4.79 Å². The Kier molecular flexibility index (Phi) is 5.25. The van der Waals surface area contributed by atoms with Crippen molar-refractivity contribution in [2.45, 2.75) is 26.2 Å². The summed E-state index contributed by atoms with van der Waals surface area (Å²) in [6, 6.07) is 7.59. The maximum atomic E-state index is 12.8. The first kappa shape index (κ1) is 16.6. The van der Waals surface area contributed by atoms with Crippen molar-refractivity contribution in [2.75, 3.05) is 26.7 Å². The van der Waals surface area contributed by atoms with Gasteiger partial charge in [-0.3, -0.25) is 9.89 Å². The average Bonchev–Trinajstić information content (AvgIpc) is 3.06. The summed E-state index contributed by atoms with van der Waals surface area (Å²) < 4.78 is 0. The number of nitrogens with one attached hydrogen (secondary N) is 2. The molecule has 2 aromatic rings. The molecule has 0 spiro atoms. The Bertz CT molecular complexity index is 688. The molecule has 24 heavy (non-hydrogen) atoms. The summed E-state index contributed by atoms with van der Waals surface area (Å²) in [5.41, 5.74) is 1.58. The molecule has 6 heteroatoms. The minimum absolute atomic E-state index is 0.108. The van der Waals surface area contributed by atoms with Crippen LogP contribution in [0.1, 0.15) is 35.4 Å². The Morgan fingerprint density at radius 3 is 2.83 bits per heavy atom. The zero-order valence-electron chi connectivity index (χ0n) is 14.4. The highest BCUT2D eigenvalue weighted by molar-refractivity contribution is 5.95. The SMILES string of the molecule is CNCCC1CCN(C(=O)c2cccc(-c3n[nH]c(C)n3)c2)CC1.